The van der Waals surface area contributed by atoms with Crippen LogP contribution in [0.1, 0.15) is 25.0 Å². The first-order chi connectivity index (χ1) is 7.29. The van der Waals surface area contributed by atoms with Crippen molar-refractivity contribution >= 4 is 0 Å². The van der Waals surface area contributed by atoms with E-state index in [9.17, 15) is 0 Å². The van der Waals surface area contributed by atoms with Gasteiger partial charge < -0.3 is 5.73 Å². The number of hydrogen-bond donors (Lipinski definition) is 1. The van der Waals surface area contributed by atoms with Gasteiger partial charge >= 0.3 is 0 Å². The molecule has 0 amide bonds. The monoisotopic (exact) mass is 208 g/mol. The van der Waals surface area contributed by atoms with Crippen LogP contribution in [-0.2, 0) is 13.6 Å². The highest BCUT2D eigenvalue weighted by atomic mass is 15.3. The summed E-state index contributed by atoms with van der Waals surface area (Å²) in [6, 6.07) is 2.83. The number of aromatic nitrogens is 2. The van der Waals surface area contributed by atoms with Gasteiger partial charge in [0, 0.05) is 38.9 Å². The third-order valence-electron chi connectivity index (χ3n) is 3.14. The molecule has 84 valence electrons. The highest BCUT2D eigenvalue weighted by Gasteiger charge is 2.24. The number of nitrogens with two attached hydrogens (primary N) is 1. The molecule has 1 fully saturated rings. The van der Waals surface area contributed by atoms with Crippen LogP contribution in [0.15, 0.2) is 12.3 Å². The van der Waals surface area contributed by atoms with Crippen LogP contribution in [0.5, 0.6) is 0 Å². The minimum Gasteiger partial charge on any atom is -0.329 e. The van der Waals surface area contributed by atoms with Crippen LogP contribution in [-0.4, -0.2) is 33.8 Å². The second-order valence-electron chi connectivity index (χ2n) is 4.32. The van der Waals surface area contributed by atoms with E-state index >= 15 is 0 Å². The maximum atomic E-state index is 5.64. The van der Waals surface area contributed by atoms with E-state index in [0.717, 1.165) is 31.4 Å². The lowest BCUT2D eigenvalue weighted by Gasteiger charge is -2.36. The van der Waals surface area contributed by atoms with Gasteiger partial charge in [-0.25, -0.2) is 0 Å². The Labute approximate surface area is 91.1 Å². The van der Waals surface area contributed by atoms with Crippen LogP contribution < -0.4 is 5.73 Å². The van der Waals surface area contributed by atoms with Gasteiger partial charge in [-0.05, 0) is 18.9 Å². The minimum absolute atomic E-state index is 0.739. The molecule has 1 aliphatic rings. The third kappa shape index (κ3) is 2.58. The van der Waals surface area contributed by atoms with E-state index in [0.29, 0.717) is 0 Å². The first-order valence-corrected chi connectivity index (χ1v) is 5.72. The zero-order valence-electron chi connectivity index (χ0n) is 9.39. The van der Waals surface area contributed by atoms with Gasteiger partial charge in [0.05, 0.1) is 5.69 Å². The van der Waals surface area contributed by atoms with Gasteiger partial charge in [0.1, 0.15) is 0 Å². The van der Waals surface area contributed by atoms with E-state index in [1.54, 1.807) is 0 Å². The number of rotatable bonds is 5. The Bertz CT molecular complexity index is 303. The standard InChI is InChI=1S/C11H20N4/c1-14-7-5-10(13-14)9-15(8-6-12)11-3-2-4-11/h5,7,11H,2-4,6,8-9,12H2,1H3. The molecule has 0 aromatic carbocycles. The van der Waals surface area contributed by atoms with Crippen LogP contribution in [0.3, 0.4) is 0 Å². The van der Waals surface area contributed by atoms with Crippen LogP contribution in [0.4, 0.5) is 0 Å². The van der Waals surface area contributed by atoms with Crippen molar-refractivity contribution in [2.24, 2.45) is 12.8 Å². The molecular formula is C11H20N4. The van der Waals surface area contributed by atoms with Gasteiger partial charge in [-0.1, -0.05) is 6.42 Å². The molecule has 4 heteroatoms. The summed E-state index contributed by atoms with van der Waals surface area (Å²) < 4.78 is 1.86. The lowest BCUT2D eigenvalue weighted by atomic mass is 9.91. The zero-order chi connectivity index (χ0) is 10.7. The van der Waals surface area contributed by atoms with E-state index in [4.69, 9.17) is 5.73 Å². The molecule has 1 heterocycles. The molecule has 2 rings (SSSR count). The van der Waals surface area contributed by atoms with Crippen molar-refractivity contribution in [3.63, 3.8) is 0 Å². The quantitative estimate of drug-likeness (QED) is 0.776. The van der Waals surface area contributed by atoms with Crippen molar-refractivity contribution in [3.05, 3.63) is 18.0 Å². The van der Waals surface area contributed by atoms with Crippen LogP contribution >= 0.6 is 0 Å². The average Bonchev–Trinajstić information content (AvgIpc) is 2.48. The molecule has 0 atom stereocenters. The molecule has 1 saturated carbocycles. The van der Waals surface area contributed by atoms with Crippen molar-refractivity contribution in [2.75, 3.05) is 13.1 Å². The Balaban J connectivity index is 1.93. The van der Waals surface area contributed by atoms with Gasteiger partial charge in [-0.15, -0.1) is 0 Å². The second-order valence-corrected chi connectivity index (χ2v) is 4.32. The van der Waals surface area contributed by atoms with E-state index in [-0.39, 0.29) is 0 Å². The summed E-state index contributed by atoms with van der Waals surface area (Å²) in [4.78, 5) is 2.46. The van der Waals surface area contributed by atoms with E-state index in [1.165, 1.54) is 19.3 Å². The van der Waals surface area contributed by atoms with Crippen molar-refractivity contribution in [1.82, 2.24) is 14.7 Å². The molecule has 2 N–H and O–H groups in total. The maximum absolute atomic E-state index is 5.64. The van der Waals surface area contributed by atoms with E-state index in [2.05, 4.69) is 16.1 Å². The Kier molecular flexibility index (Phi) is 3.38. The largest absolute Gasteiger partial charge is 0.329 e. The summed E-state index contributed by atoms with van der Waals surface area (Å²) >= 11 is 0. The Hall–Kier alpha value is -0.870. The van der Waals surface area contributed by atoms with Gasteiger partial charge in [-0.3, -0.25) is 9.58 Å². The third-order valence-corrected chi connectivity index (χ3v) is 3.14. The summed E-state index contributed by atoms with van der Waals surface area (Å²) in [7, 11) is 1.96. The van der Waals surface area contributed by atoms with E-state index in [1.807, 2.05) is 17.9 Å². The molecule has 0 unspecified atom stereocenters. The predicted octanol–water partition coefficient (Wildman–Crippen LogP) is 0.733. The van der Waals surface area contributed by atoms with Gasteiger partial charge in [0.2, 0.25) is 0 Å². The Morgan fingerprint density at radius 1 is 1.60 bits per heavy atom. The van der Waals surface area contributed by atoms with Gasteiger partial charge in [-0.2, -0.15) is 5.10 Å². The summed E-state index contributed by atoms with van der Waals surface area (Å²) in [6.07, 6.45) is 6.02. The highest BCUT2D eigenvalue weighted by molar-refractivity contribution is 4.99. The first kappa shape index (κ1) is 10.6. The fraction of sp³-hybridized carbons (Fsp3) is 0.727. The number of hydrogen-bond acceptors (Lipinski definition) is 3. The molecule has 15 heavy (non-hydrogen) atoms. The van der Waals surface area contributed by atoms with Crippen LogP contribution in [0.25, 0.3) is 0 Å². The van der Waals surface area contributed by atoms with Gasteiger partial charge in [0.25, 0.3) is 0 Å². The Morgan fingerprint density at radius 3 is 2.87 bits per heavy atom. The highest BCUT2D eigenvalue weighted by Crippen LogP contribution is 2.25. The molecule has 0 radical (unpaired) electrons. The molecule has 0 bridgehead atoms. The Morgan fingerprint density at radius 2 is 2.40 bits per heavy atom. The predicted molar refractivity (Wildman–Crippen MR) is 60.3 cm³/mol. The van der Waals surface area contributed by atoms with Crippen molar-refractivity contribution in [1.29, 1.82) is 0 Å². The fourth-order valence-corrected chi connectivity index (χ4v) is 2.06. The molecule has 4 nitrogen and oxygen atoms in total. The van der Waals surface area contributed by atoms with Crippen LogP contribution in [0.2, 0.25) is 0 Å². The normalized spacial score (nSPS) is 17.0. The lowest BCUT2D eigenvalue weighted by molar-refractivity contribution is 0.121. The van der Waals surface area contributed by atoms with Crippen LogP contribution in [0, 0.1) is 0 Å². The number of aryl methyl sites for hydroxylation is 1. The van der Waals surface area contributed by atoms with Crippen molar-refractivity contribution in [2.45, 2.75) is 31.8 Å². The molecule has 1 aliphatic carbocycles. The fourth-order valence-electron chi connectivity index (χ4n) is 2.06. The number of nitrogens with zero attached hydrogens (tertiary/aromatic N) is 3. The molecule has 1 aromatic rings. The lowest BCUT2D eigenvalue weighted by Crippen LogP contribution is -2.42. The summed E-state index contributed by atoms with van der Waals surface area (Å²) in [5.74, 6) is 0. The SMILES string of the molecule is Cn1ccc(CN(CCN)C2CCC2)n1. The summed E-state index contributed by atoms with van der Waals surface area (Å²) in [5, 5.41) is 4.41. The first-order valence-electron chi connectivity index (χ1n) is 5.72. The molecular weight excluding hydrogens is 188 g/mol. The van der Waals surface area contributed by atoms with Crippen molar-refractivity contribution in [3.8, 4) is 0 Å². The van der Waals surface area contributed by atoms with E-state index < -0.39 is 0 Å². The second kappa shape index (κ2) is 4.77. The summed E-state index contributed by atoms with van der Waals surface area (Å²) in [6.45, 7) is 2.67. The molecule has 0 aliphatic heterocycles. The minimum atomic E-state index is 0.739. The maximum Gasteiger partial charge on any atom is 0.0764 e. The summed E-state index contributed by atoms with van der Waals surface area (Å²) in [5.41, 5.74) is 6.79. The molecule has 0 spiro atoms. The van der Waals surface area contributed by atoms with Crippen molar-refractivity contribution < 1.29 is 0 Å². The molecule has 0 saturated heterocycles. The van der Waals surface area contributed by atoms with Gasteiger partial charge in [0.15, 0.2) is 0 Å². The average molecular weight is 208 g/mol. The molecule has 1 aromatic heterocycles. The smallest absolute Gasteiger partial charge is 0.0764 e. The topological polar surface area (TPSA) is 47.1 Å². The zero-order valence-corrected chi connectivity index (χ0v) is 9.39.